The monoisotopic (exact) mass is 416 g/mol. The van der Waals surface area contributed by atoms with Crippen molar-refractivity contribution < 1.29 is 27.5 Å². The largest absolute Gasteiger partial charge is 0.493 e. The number of rotatable bonds is 2. The minimum atomic E-state index is -4.46. The Morgan fingerprint density at radius 3 is 2.77 bits per heavy atom. The average molecular weight is 416 g/mol. The number of alkyl halides is 3. The predicted octanol–water partition coefficient (Wildman–Crippen LogP) is 4.78. The van der Waals surface area contributed by atoms with Crippen LogP contribution in [-0.2, 0) is 22.2 Å². The smallest absolute Gasteiger partial charge is 0.416 e. The van der Waals surface area contributed by atoms with Gasteiger partial charge in [-0.1, -0.05) is 12.1 Å². The molecular weight excluding hydrogens is 397 g/mol. The first-order valence-corrected chi connectivity index (χ1v) is 9.59. The standard InChI is InChI=1S/C22H19F3N2O3/c23-22(24,25)14-6-7-15-13(3-2-10-30-19(15)12-14)11-21(29)27-18-5-1-4-17-16(18)8-9-20(28)26-17/h1,4-7,11-12H,2-3,8-10H2,(H,26,28)(H,27,29). The van der Waals surface area contributed by atoms with E-state index in [2.05, 4.69) is 10.6 Å². The number of halogens is 3. The van der Waals surface area contributed by atoms with Crippen molar-refractivity contribution in [1.82, 2.24) is 0 Å². The van der Waals surface area contributed by atoms with E-state index in [0.29, 0.717) is 48.2 Å². The van der Waals surface area contributed by atoms with Gasteiger partial charge in [-0.2, -0.15) is 13.2 Å². The fraction of sp³-hybridized carbons (Fsp3) is 0.273. The Morgan fingerprint density at radius 2 is 1.97 bits per heavy atom. The number of benzene rings is 2. The SMILES string of the molecule is O=C(C=C1CCCOc2cc(C(F)(F)F)ccc21)Nc1cccc2c1CCC(=O)N2. The molecule has 0 aliphatic carbocycles. The summed E-state index contributed by atoms with van der Waals surface area (Å²) in [7, 11) is 0. The van der Waals surface area contributed by atoms with Gasteiger partial charge >= 0.3 is 6.18 Å². The second-order valence-corrected chi connectivity index (χ2v) is 7.20. The third-order valence-corrected chi connectivity index (χ3v) is 5.12. The molecule has 2 aromatic carbocycles. The zero-order valence-electron chi connectivity index (χ0n) is 15.9. The predicted molar refractivity (Wildman–Crippen MR) is 106 cm³/mol. The summed E-state index contributed by atoms with van der Waals surface area (Å²) in [5, 5.41) is 5.61. The van der Waals surface area contributed by atoms with E-state index in [1.807, 2.05) is 0 Å². The van der Waals surface area contributed by atoms with E-state index in [-0.39, 0.29) is 24.2 Å². The molecule has 2 heterocycles. The first kappa shape index (κ1) is 20.0. The van der Waals surface area contributed by atoms with Gasteiger partial charge in [0.05, 0.1) is 12.2 Å². The van der Waals surface area contributed by atoms with Crippen LogP contribution in [0.4, 0.5) is 24.5 Å². The summed E-state index contributed by atoms with van der Waals surface area (Å²) in [6, 6.07) is 8.59. The molecule has 0 fully saturated rings. The van der Waals surface area contributed by atoms with Crippen molar-refractivity contribution in [3.8, 4) is 5.75 Å². The van der Waals surface area contributed by atoms with Crippen LogP contribution in [0.25, 0.3) is 5.57 Å². The molecule has 0 atom stereocenters. The highest BCUT2D eigenvalue weighted by Crippen LogP contribution is 2.38. The molecule has 2 amide bonds. The number of ether oxygens (including phenoxy) is 1. The van der Waals surface area contributed by atoms with Crippen molar-refractivity contribution >= 4 is 28.8 Å². The molecule has 0 radical (unpaired) electrons. The number of carbonyl (C=O) groups excluding carboxylic acids is 2. The third kappa shape index (κ3) is 4.17. The number of fused-ring (bicyclic) bond motifs is 2. The zero-order chi connectivity index (χ0) is 21.3. The molecular formula is C22H19F3N2O3. The van der Waals surface area contributed by atoms with Gasteiger partial charge in [0.15, 0.2) is 0 Å². The van der Waals surface area contributed by atoms with Crippen molar-refractivity contribution in [3.05, 3.63) is 59.2 Å². The molecule has 5 nitrogen and oxygen atoms in total. The Labute approximate surface area is 170 Å². The molecule has 156 valence electrons. The molecule has 2 aromatic rings. The highest BCUT2D eigenvalue weighted by atomic mass is 19.4. The topological polar surface area (TPSA) is 67.4 Å². The van der Waals surface area contributed by atoms with Crippen molar-refractivity contribution in [1.29, 1.82) is 0 Å². The highest BCUT2D eigenvalue weighted by Gasteiger charge is 2.32. The van der Waals surface area contributed by atoms with Crippen LogP contribution in [0.1, 0.15) is 36.0 Å². The van der Waals surface area contributed by atoms with Gasteiger partial charge in [-0.25, -0.2) is 0 Å². The van der Waals surface area contributed by atoms with Crippen LogP contribution in [0, 0.1) is 0 Å². The van der Waals surface area contributed by atoms with E-state index in [1.54, 1.807) is 18.2 Å². The van der Waals surface area contributed by atoms with Gasteiger partial charge in [0.25, 0.3) is 0 Å². The number of nitrogens with one attached hydrogen (secondary N) is 2. The van der Waals surface area contributed by atoms with E-state index < -0.39 is 11.7 Å². The lowest BCUT2D eigenvalue weighted by Gasteiger charge is -2.20. The maximum atomic E-state index is 13.0. The van der Waals surface area contributed by atoms with Crippen LogP contribution in [-0.4, -0.2) is 18.4 Å². The molecule has 2 aliphatic heterocycles. The first-order chi connectivity index (χ1) is 14.3. The van der Waals surface area contributed by atoms with Gasteiger partial charge in [-0.05, 0) is 54.7 Å². The molecule has 0 bridgehead atoms. The Hall–Kier alpha value is -3.29. The van der Waals surface area contributed by atoms with Gasteiger partial charge in [0.1, 0.15) is 5.75 Å². The summed E-state index contributed by atoms with van der Waals surface area (Å²) in [5.41, 5.74) is 2.44. The summed E-state index contributed by atoms with van der Waals surface area (Å²) in [4.78, 5) is 24.3. The molecule has 2 aliphatic rings. The quantitative estimate of drug-likeness (QED) is 0.692. The number of hydrogen-bond acceptors (Lipinski definition) is 3. The van der Waals surface area contributed by atoms with E-state index in [0.717, 1.165) is 17.7 Å². The summed E-state index contributed by atoms with van der Waals surface area (Å²) in [6.07, 6.45) is -1.11. The van der Waals surface area contributed by atoms with Gasteiger partial charge in [0.2, 0.25) is 11.8 Å². The maximum Gasteiger partial charge on any atom is 0.416 e. The summed E-state index contributed by atoms with van der Waals surface area (Å²) in [6.45, 7) is 0.277. The minimum Gasteiger partial charge on any atom is -0.493 e. The van der Waals surface area contributed by atoms with Gasteiger partial charge in [-0.15, -0.1) is 0 Å². The molecule has 0 spiro atoms. The second kappa shape index (κ2) is 7.85. The minimum absolute atomic E-state index is 0.0682. The maximum absolute atomic E-state index is 13.0. The molecule has 0 saturated carbocycles. The van der Waals surface area contributed by atoms with Gasteiger partial charge in [0, 0.05) is 29.4 Å². The highest BCUT2D eigenvalue weighted by molar-refractivity contribution is 6.06. The van der Waals surface area contributed by atoms with E-state index in [9.17, 15) is 22.8 Å². The first-order valence-electron chi connectivity index (χ1n) is 9.59. The molecule has 0 saturated heterocycles. The van der Waals surface area contributed by atoms with Crippen molar-refractivity contribution in [2.24, 2.45) is 0 Å². The number of hydrogen-bond donors (Lipinski definition) is 2. The Balaban J connectivity index is 1.61. The van der Waals surface area contributed by atoms with E-state index >= 15 is 0 Å². The molecule has 8 heteroatoms. The molecule has 0 unspecified atom stereocenters. The zero-order valence-corrected chi connectivity index (χ0v) is 15.9. The van der Waals surface area contributed by atoms with Gasteiger partial charge in [-0.3, -0.25) is 9.59 Å². The lowest BCUT2D eigenvalue weighted by molar-refractivity contribution is -0.137. The summed E-state index contributed by atoms with van der Waals surface area (Å²) in [5.74, 6) is -0.328. The number of allylic oxidation sites excluding steroid dienone is 1. The lowest BCUT2D eigenvalue weighted by Crippen LogP contribution is -2.21. The fourth-order valence-electron chi connectivity index (χ4n) is 3.68. The second-order valence-electron chi connectivity index (χ2n) is 7.20. The van der Waals surface area contributed by atoms with Crippen LogP contribution >= 0.6 is 0 Å². The number of amides is 2. The molecule has 0 aromatic heterocycles. The van der Waals surface area contributed by atoms with Crippen molar-refractivity contribution in [2.45, 2.75) is 31.9 Å². The number of anilines is 2. The third-order valence-electron chi connectivity index (χ3n) is 5.12. The summed E-state index contributed by atoms with van der Waals surface area (Å²) < 4.78 is 44.5. The fourth-order valence-corrected chi connectivity index (χ4v) is 3.68. The average Bonchev–Trinajstić information content (AvgIpc) is 2.89. The molecule has 4 rings (SSSR count). The Morgan fingerprint density at radius 1 is 1.13 bits per heavy atom. The number of carbonyl (C=O) groups is 2. The van der Waals surface area contributed by atoms with Crippen LogP contribution in [0.5, 0.6) is 5.75 Å². The Kier molecular flexibility index (Phi) is 5.24. The lowest BCUT2D eigenvalue weighted by atomic mass is 9.98. The van der Waals surface area contributed by atoms with Crippen LogP contribution in [0.2, 0.25) is 0 Å². The van der Waals surface area contributed by atoms with Crippen LogP contribution in [0.3, 0.4) is 0 Å². The van der Waals surface area contributed by atoms with Crippen LogP contribution < -0.4 is 15.4 Å². The molecule has 30 heavy (non-hydrogen) atoms. The summed E-state index contributed by atoms with van der Waals surface area (Å²) >= 11 is 0. The molecule has 2 N–H and O–H groups in total. The van der Waals surface area contributed by atoms with E-state index in [1.165, 1.54) is 12.1 Å². The van der Waals surface area contributed by atoms with Crippen LogP contribution in [0.15, 0.2) is 42.5 Å². The van der Waals surface area contributed by atoms with Crippen molar-refractivity contribution in [3.63, 3.8) is 0 Å². The van der Waals surface area contributed by atoms with E-state index in [4.69, 9.17) is 4.74 Å². The van der Waals surface area contributed by atoms with Crippen molar-refractivity contribution in [2.75, 3.05) is 17.2 Å². The normalized spacial score (nSPS) is 17.3. The van der Waals surface area contributed by atoms with Gasteiger partial charge < -0.3 is 15.4 Å². The Bertz CT molecular complexity index is 1040.